The Labute approximate surface area is 117 Å². The molecular formula is C15H18N2OS. The average Bonchev–Trinajstić information content (AvgIpc) is 3.16. The van der Waals surface area contributed by atoms with E-state index < -0.39 is 0 Å². The van der Waals surface area contributed by atoms with Gasteiger partial charge in [0.15, 0.2) is 0 Å². The molecule has 3 nitrogen and oxygen atoms in total. The molecule has 19 heavy (non-hydrogen) atoms. The molecule has 0 spiro atoms. The van der Waals surface area contributed by atoms with Crippen molar-refractivity contribution in [3.63, 3.8) is 0 Å². The van der Waals surface area contributed by atoms with Crippen LogP contribution in [0.15, 0.2) is 39.8 Å². The normalized spacial score (nSPS) is 14.8. The molecule has 2 aromatic rings. The van der Waals surface area contributed by atoms with E-state index in [0.29, 0.717) is 0 Å². The van der Waals surface area contributed by atoms with Crippen LogP contribution >= 0.6 is 11.8 Å². The second-order valence-electron chi connectivity index (χ2n) is 5.02. The Hall–Kier alpha value is -1.26. The molecule has 0 amide bonds. The maximum absolute atomic E-state index is 5.08. The van der Waals surface area contributed by atoms with Crippen molar-refractivity contribution in [1.82, 2.24) is 10.5 Å². The van der Waals surface area contributed by atoms with Gasteiger partial charge in [-0.2, -0.15) is 0 Å². The first-order chi connectivity index (χ1) is 9.29. The van der Waals surface area contributed by atoms with Crippen LogP contribution in [-0.4, -0.2) is 11.2 Å². The molecule has 0 atom stereocenters. The molecule has 100 valence electrons. The van der Waals surface area contributed by atoms with Crippen molar-refractivity contribution in [1.29, 1.82) is 0 Å². The number of benzene rings is 1. The van der Waals surface area contributed by atoms with Crippen molar-refractivity contribution >= 4 is 11.8 Å². The number of nitrogens with zero attached hydrogens (tertiary/aromatic N) is 1. The number of aryl methyl sites for hydroxylation is 1. The van der Waals surface area contributed by atoms with E-state index >= 15 is 0 Å². The highest BCUT2D eigenvalue weighted by Crippen LogP contribution is 2.24. The Balaban J connectivity index is 1.55. The fraction of sp³-hybridized carbons (Fsp3) is 0.400. The van der Waals surface area contributed by atoms with Crippen LogP contribution in [-0.2, 0) is 12.3 Å². The summed E-state index contributed by atoms with van der Waals surface area (Å²) in [6.07, 6.45) is 2.67. The fourth-order valence-corrected chi connectivity index (χ4v) is 2.80. The minimum Gasteiger partial charge on any atom is -0.361 e. The molecule has 1 N–H and O–H groups in total. The molecule has 1 aromatic heterocycles. The zero-order valence-electron chi connectivity index (χ0n) is 11.1. The Bertz CT molecular complexity index is 549. The minimum absolute atomic E-state index is 0.759. The standard InChI is InChI=1S/C15H18N2OS/c1-11-7-14(17-18-11)10-19-15-4-2-3-12(8-15)9-16-13-5-6-13/h2-4,7-8,13,16H,5-6,9-10H2,1H3. The number of thioether (sulfide) groups is 1. The van der Waals surface area contributed by atoms with Gasteiger partial charge in [-0.3, -0.25) is 0 Å². The summed E-state index contributed by atoms with van der Waals surface area (Å²) in [5.41, 5.74) is 2.36. The van der Waals surface area contributed by atoms with Gasteiger partial charge in [-0.15, -0.1) is 11.8 Å². The second kappa shape index (κ2) is 5.80. The smallest absolute Gasteiger partial charge is 0.133 e. The third kappa shape index (κ3) is 3.85. The lowest BCUT2D eigenvalue weighted by Crippen LogP contribution is -2.15. The Morgan fingerprint density at radius 1 is 1.37 bits per heavy atom. The summed E-state index contributed by atoms with van der Waals surface area (Å²) in [6, 6.07) is 11.5. The molecule has 0 bridgehead atoms. The molecule has 0 radical (unpaired) electrons. The van der Waals surface area contributed by atoms with Crippen molar-refractivity contribution in [2.45, 2.75) is 43.0 Å². The highest BCUT2D eigenvalue weighted by molar-refractivity contribution is 7.98. The van der Waals surface area contributed by atoms with E-state index in [9.17, 15) is 0 Å². The molecule has 0 unspecified atom stereocenters. The van der Waals surface area contributed by atoms with Crippen LogP contribution in [0, 0.1) is 6.92 Å². The molecule has 4 heteroatoms. The number of hydrogen-bond donors (Lipinski definition) is 1. The molecule has 1 aromatic carbocycles. The number of hydrogen-bond acceptors (Lipinski definition) is 4. The summed E-state index contributed by atoms with van der Waals surface area (Å²) in [4.78, 5) is 1.29. The quantitative estimate of drug-likeness (QED) is 0.818. The van der Waals surface area contributed by atoms with Crippen LogP contribution in [0.3, 0.4) is 0 Å². The van der Waals surface area contributed by atoms with E-state index in [2.05, 4.69) is 34.7 Å². The third-order valence-electron chi connectivity index (χ3n) is 3.13. The van der Waals surface area contributed by atoms with Crippen molar-refractivity contribution in [3.8, 4) is 0 Å². The monoisotopic (exact) mass is 274 g/mol. The van der Waals surface area contributed by atoms with E-state index in [0.717, 1.165) is 29.8 Å². The third-order valence-corrected chi connectivity index (χ3v) is 4.16. The zero-order valence-corrected chi connectivity index (χ0v) is 11.9. The number of rotatable bonds is 6. The lowest BCUT2D eigenvalue weighted by atomic mass is 10.2. The number of nitrogens with one attached hydrogen (secondary N) is 1. The maximum Gasteiger partial charge on any atom is 0.133 e. The van der Waals surface area contributed by atoms with Gasteiger partial charge in [-0.1, -0.05) is 17.3 Å². The minimum atomic E-state index is 0.759. The van der Waals surface area contributed by atoms with E-state index in [-0.39, 0.29) is 0 Å². The Morgan fingerprint density at radius 2 is 2.26 bits per heavy atom. The van der Waals surface area contributed by atoms with E-state index in [1.165, 1.54) is 23.3 Å². The molecule has 1 aliphatic rings. The summed E-state index contributed by atoms with van der Waals surface area (Å²) in [5.74, 6) is 1.73. The summed E-state index contributed by atoms with van der Waals surface area (Å²) < 4.78 is 5.08. The zero-order chi connectivity index (χ0) is 13.1. The fourth-order valence-electron chi connectivity index (χ4n) is 1.94. The highest BCUT2D eigenvalue weighted by Gasteiger charge is 2.19. The van der Waals surface area contributed by atoms with Crippen LogP contribution in [0.1, 0.15) is 29.9 Å². The van der Waals surface area contributed by atoms with Crippen molar-refractivity contribution < 1.29 is 4.52 Å². The summed E-state index contributed by atoms with van der Waals surface area (Å²) >= 11 is 1.80. The number of aromatic nitrogens is 1. The van der Waals surface area contributed by atoms with Gasteiger partial charge in [-0.05, 0) is 37.5 Å². The summed E-state index contributed by atoms with van der Waals surface area (Å²) in [5, 5.41) is 7.55. The van der Waals surface area contributed by atoms with Gasteiger partial charge in [-0.25, -0.2) is 0 Å². The van der Waals surface area contributed by atoms with Crippen LogP contribution < -0.4 is 5.32 Å². The largest absolute Gasteiger partial charge is 0.361 e. The van der Waals surface area contributed by atoms with Crippen molar-refractivity contribution in [2.24, 2.45) is 0 Å². The molecule has 0 saturated heterocycles. The highest BCUT2D eigenvalue weighted by atomic mass is 32.2. The SMILES string of the molecule is Cc1cc(CSc2cccc(CNC3CC3)c2)no1. The Kier molecular flexibility index (Phi) is 3.89. The van der Waals surface area contributed by atoms with Gasteiger partial charge in [0, 0.05) is 29.3 Å². The first kappa shape index (κ1) is 12.8. The summed E-state index contributed by atoms with van der Waals surface area (Å²) in [7, 11) is 0. The lowest BCUT2D eigenvalue weighted by Gasteiger charge is -2.05. The first-order valence-electron chi connectivity index (χ1n) is 6.67. The molecule has 1 fully saturated rings. The molecule has 1 aliphatic carbocycles. The van der Waals surface area contributed by atoms with E-state index in [4.69, 9.17) is 4.52 Å². The Morgan fingerprint density at radius 3 is 3.00 bits per heavy atom. The van der Waals surface area contributed by atoms with Crippen LogP contribution in [0.5, 0.6) is 0 Å². The van der Waals surface area contributed by atoms with E-state index in [1.807, 2.05) is 13.0 Å². The van der Waals surface area contributed by atoms with Crippen molar-refractivity contribution in [2.75, 3.05) is 0 Å². The maximum atomic E-state index is 5.08. The predicted octanol–water partition coefficient (Wildman–Crippen LogP) is 3.53. The topological polar surface area (TPSA) is 38.1 Å². The molecule has 1 saturated carbocycles. The van der Waals surface area contributed by atoms with Gasteiger partial charge in [0.1, 0.15) is 5.76 Å². The first-order valence-corrected chi connectivity index (χ1v) is 7.65. The van der Waals surface area contributed by atoms with Gasteiger partial charge in [0.05, 0.1) is 5.69 Å². The van der Waals surface area contributed by atoms with Gasteiger partial charge in [0.2, 0.25) is 0 Å². The second-order valence-corrected chi connectivity index (χ2v) is 6.07. The van der Waals surface area contributed by atoms with E-state index in [1.54, 1.807) is 11.8 Å². The predicted molar refractivity (Wildman–Crippen MR) is 77.1 cm³/mol. The van der Waals surface area contributed by atoms with Gasteiger partial charge in [0.25, 0.3) is 0 Å². The summed E-state index contributed by atoms with van der Waals surface area (Å²) in [6.45, 7) is 2.90. The van der Waals surface area contributed by atoms with Crippen LogP contribution in [0.2, 0.25) is 0 Å². The van der Waals surface area contributed by atoms with Gasteiger partial charge >= 0.3 is 0 Å². The molecular weight excluding hydrogens is 256 g/mol. The lowest BCUT2D eigenvalue weighted by molar-refractivity contribution is 0.393. The van der Waals surface area contributed by atoms with Crippen molar-refractivity contribution in [3.05, 3.63) is 47.3 Å². The molecule has 3 rings (SSSR count). The average molecular weight is 274 g/mol. The molecule has 0 aliphatic heterocycles. The molecule has 1 heterocycles. The van der Waals surface area contributed by atoms with Crippen LogP contribution in [0.25, 0.3) is 0 Å². The van der Waals surface area contributed by atoms with Gasteiger partial charge < -0.3 is 9.84 Å². The van der Waals surface area contributed by atoms with Crippen LogP contribution in [0.4, 0.5) is 0 Å².